The number of benzene rings is 2. The summed E-state index contributed by atoms with van der Waals surface area (Å²) in [5.41, 5.74) is 4.20. The number of nitrogens with one attached hydrogen (secondary N) is 2. The van der Waals surface area contributed by atoms with Crippen molar-refractivity contribution in [2.75, 3.05) is 12.4 Å². The topological polar surface area (TPSA) is 80.3 Å². The van der Waals surface area contributed by atoms with E-state index < -0.39 is 5.91 Å². The normalized spacial score (nSPS) is 10.3. The summed E-state index contributed by atoms with van der Waals surface area (Å²) in [4.78, 5) is 29.2. The van der Waals surface area contributed by atoms with Crippen LogP contribution in [0.5, 0.6) is 5.75 Å². The average Bonchev–Trinajstić information content (AvgIpc) is 2.72. The zero-order valence-electron chi connectivity index (χ0n) is 16.7. The van der Waals surface area contributed by atoms with Gasteiger partial charge in [0, 0.05) is 18.3 Å². The molecule has 148 valence electrons. The molecule has 0 aliphatic carbocycles. The molecule has 0 aliphatic rings. The van der Waals surface area contributed by atoms with Gasteiger partial charge in [0.2, 0.25) is 0 Å². The molecule has 2 N–H and O–H groups in total. The summed E-state index contributed by atoms with van der Waals surface area (Å²) in [6.45, 7) is 4.33. The number of ether oxygens (including phenoxy) is 1. The Morgan fingerprint density at radius 2 is 1.76 bits per heavy atom. The van der Waals surface area contributed by atoms with Gasteiger partial charge in [-0.05, 0) is 49.2 Å². The van der Waals surface area contributed by atoms with Gasteiger partial charge in [-0.3, -0.25) is 14.6 Å². The lowest BCUT2D eigenvalue weighted by molar-refractivity contribution is 0.0950. The van der Waals surface area contributed by atoms with Gasteiger partial charge in [-0.2, -0.15) is 0 Å². The maximum absolute atomic E-state index is 12.6. The number of methoxy groups -OCH3 is 1. The standard InChI is InChI=1S/C23H23N3O3/c1-15-5-4-6-17(11-15)14-25-22(27)18-9-10-24-20(13-18)23(28)26-19-12-16(2)7-8-21(19)29-3/h4-13H,14H2,1-3H3,(H,25,27)(H,26,28). The zero-order valence-corrected chi connectivity index (χ0v) is 16.7. The number of pyridine rings is 1. The molecule has 0 unspecified atom stereocenters. The van der Waals surface area contributed by atoms with Crippen LogP contribution >= 0.6 is 0 Å². The van der Waals surface area contributed by atoms with Crippen LogP contribution in [0.3, 0.4) is 0 Å². The van der Waals surface area contributed by atoms with E-state index in [9.17, 15) is 9.59 Å². The first-order valence-corrected chi connectivity index (χ1v) is 9.22. The van der Waals surface area contributed by atoms with Crippen LogP contribution in [0.1, 0.15) is 37.5 Å². The van der Waals surface area contributed by atoms with Crippen LogP contribution in [0.2, 0.25) is 0 Å². The Morgan fingerprint density at radius 3 is 2.52 bits per heavy atom. The smallest absolute Gasteiger partial charge is 0.274 e. The number of rotatable bonds is 6. The molecule has 0 fully saturated rings. The molecule has 3 rings (SSSR count). The van der Waals surface area contributed by atoms with Crippen molar-refractivity contribution in [1.82, 2.24) is 10.3 Å². The minimum Gasteiger partial charge on any atom is -0.495 e. The molecule has 0 saturated heterocycles. The third-order valence-corrected chi connectivity index (χ3v) is 4.39. The van der Waals surface area contributed by atoms with Crippen LogP contribution in [0.25, 0.3) is 0 Å². The highest BCUT2D eigenvalue weighted by molar-refractivity contribution is 6.05. The van der Waals surface area contributed by atoms with Crippen molar-refractivity contribution in [3.05, 3.63) is 88.7 Å². The van der Waals surface area contributed by atoms with E-state index in [0.29, 0.717) is 23.5 Å². The van der Waals surface area contributed by atoms with Crippen molar-refractivity contribution >= 4 is 17.5 Å². The minimum atomic E-state index is -0.415. The summed E-state index contributed by atoms with van der Waals surface area (Å²) in [6.07, 6.45) is 1.45. The van der Waals surface area contributed by atoms with Gasteiger partial charge in [-0.1, -0.05) is 35.9 Å². The fourth-order valence-corrected chi connectivity index (χ4v) is 2.91. The maximum atomic E-state index is 12.6. The molecule has 0 saturated carbocycles. The quantitative estimate of drug-likeness (QED) is 0.670. The predicted molar refractivity (Wildman–Crippen MR) is 112 cm³/mol. The molecule has 1 aromatic heterocycles. The number of hydrogen-bond donors (Lipinski definition) is 2. The average molecular weight is 389 g/mol. The van der Waals surface area contributed by atoms with Gasteiger partial charge in [0.05, 0.1) is 12.8 Å². The van der Waals surface area contributed by atoms with Crippen molar-refractivity contribution in [3.8, 4) is 5.75 Å². The van der Waals surface area contributed by atoms with E-state index in [-0.39, 0.29) is 11.6 Å². The van der Waals surface area contributed by atoms with Crippen LogP contribution in [0, 0.1) is 13.8 Å². The Labute approximate surface area is 169 Å². The van der Waals surface area contributed by atoms with Gasteiger partial charge in [0.15, 0.2) is 0 Å². The molecule has 29 heavy (non-hydrogen) atoms. The number of aryl methyl sites for hydroxylation is 2. The van der Waals surface area contributed by atoms with Crippen LogP contribution in [0.15, 0.2) is 60.8 Å². The van der Waals surface area contributed by atoms with Crippen molar-refractivity contribution in [2.24, 2.45) is 0 Å². The van der Waals surface area contributed by atoms with E-state index in [2.05, 4.69) is 15.6 Å². The number of anilines is 1. The van der Waals surface area contributed by atoms with Gasteiger partial charge in [-0.15, -0.1) is 0 Å². The molecule has 6 heteroatoms. The maximum Gasteiger partial charge on any atom is 0.274 e. The molecule has 0 aliphatic heterocycles. The summed E-state index contributed by atoms with van der Waals surface area (Å²) in [5.74, 6) is -0.130. The Balaban J connectivity index is 1.71. The molecule has 1 heterocycles. The minimum absolute atomic E-state index is 0.150. The Kier molecular flexibility index (Phi) is 6.24. The second kappa shape index (κ2) is 9.01. The number of amides is 2. The molecule has 2 amide bonds. The second-order valence-corrected chi connectivity index (χ2v) is 6.76. The highest BCUT2D eigenvalue weighted by Gasteiger charge is 2.14. The van der Waals surface area contributed by atoms with Crippen LogP contribution in [-0.2, 0) is 6.54 Å². The number of aromatic nitrogens is 1. The lowest BCUT2D eigenvalue weighted by Crippen LogP contribution is -2.23. The molecule has 0 bridgehead atoms. The zero-order chi connectivity index (χ0) is 20.8. The van der Waals surface area contributed by atoms with E-state index in [4.69, 9.17) is 4.74 Å². The third kappa shape index (κ3) is 5.19. The highest BCUT2D eigenvalue weighted by Crippen LogP contribution is 2.25. The number of carbonyl (C=O) groups is 2. The summed E-state index contributed by atoms with van der Waals surface area (Å²) in [7, 11) is 1.54. The summed E-state index contributed by atoms with van der Waals surface area (Å²) in [5, 5.41) is 5.66. The summed E-state index contributed by atoms with van der Waals surface area (Å²) >= 11 is 0. The van der Waals surface area contributed by atoms with Gasteiger partial charge in [-0.25, -0.2) is 0 Å². The van der Waals surface area contributed by atoms with Crippen LogP contribution in [0.4, 0.5) is 5.69 Å². The van der Waals surface area contributed by atoms with Gasteiger partial charge < -0.3 is 15.4 Å². The number of hydrogen-bond acceptors (Lipinski definition) is 4. The summed E-state index contributed by atoms with van der Waals surface area (Å²) < 4.78 is 5.28. The van der Waals surface area contributed by atoms with Crippen molar-refractivity contribution in [1.29, 1.82) is 0 Å². The van der Waals surface area contributed by atoms with E-state index in [1.807, 2.05) is 50.2 Å². The Bertz CT molecular complexity index is 1050. The lowest BCUT2D eigenvalue weighted by atomic mass is 10.1. The summed E-state index contributed by atoms with van der Waals surface area (Å²) in [6, 6.07) is 16.5. The Hall–Kier alpha value is -3.67. The highest BCUT2D eigenvalue weighted by atomic mass is 16.5. The first-order valence-electron chi connectivity index (χ1n) is 9.22. The molecule has 0 atom stereocenters. The number of carbonyl (C=O) groups excluding carboxylic acids is 2. The molecule has 0 spiro atoms. The molecule has 3 aromatic rings. The second-order valence-electron chi connectivity index (χ2n) is 6.76. The fourth-order valence-electron chi connectivity index (χ4n) is 2.91. The molecule has 0 radical (unpaired) electrons. The van der Waals surface area contributed by atoms with Crippen molar-refractivity contribution in [2.45, 2.75) is 20.4 Å². The first-order chi connectivity index (χ1) is 14.0. The Morgan fingerprint density at radius 1 is 0.966 bits per heavy atom. The van der Waals surface area contributed by atoms with Crippen molar-refractivity contribution in [3.63, 3.8) is 0 Å². The SMILES string of the molecule is COc1ccc(C)cc1NC(=O)c1cc(C(=O)NCc2cccc(C)c2)ccn1. The fraction of sp³-hybridized carbons (Fsp3) is 0.174. The van der Waals surface area contributed by atoms with E-state index in [1.54, 1.807) is 12.1 Å². The largest absolute Gasteiger partial charge is 0.495 e. The van der Waals surface area contributed by atoms with Crippen LogP contribution < -0.4 is 15.4 Å². The van der Waals surface area contributed by atoms with Crippen LogP contribution in [-0.4, -0.2) is 23.9 Å². The van der Waals surface area contributed by atoms with Crippen molar-refractivity contribution < 1.29 is 14.3 Å². The molecular weight excluding hydrogens is 366 g/mol. The van der Waals surface area contributed by atoms with Gasteiger partial charge >= 0.3 is 0 Å². The lowest BCUT2D eigenvalue weighted by Gasteiger charge is -2.11. The third-order valence-electron chi connectivity index (χ3n) is 4.39. The van der Waals surface area contributed by atoms with E-state index >= 15 is 0 Å². The predicted octanol–water partition coefficient (Wildman–Crippen LogP) is 3.89. The van der Waals surface area contributed by atoms with E-state index in [1.165, 1.54) is 19.4 Å². The van der Waals surface area contributed by atoms with Gasteiger partial charge in [0.25, 0.3) is 11.8 Å². The first kappa shape index (κ1) is 20.1. The monoisotopic (exact) mass is 389 g/mol. The molecule has 2 aromatic carbocycles. The number of nitrogens with zero attached hydrogens (tertiary/aromatic N) is 1. The van der Waals surface area contributed by atoms with Gasteiger partial charge in [0.1, 0.15) is 11.4 Å². The molecule has 6 nitrogen and oxygen atoms in total. The van der Waals surface area contributed by atoms with E-state index in [0.717, 1.165) is 16.7 Å². The molecular formula is C23H23N3O3.